The van der Waals surface area contributed by atoms with Crippen LogP contribution in [0.25, 0.3) is 0 Å². The molecule has 0 radical (unpaired) electrons. The Hall–Kier alpha value is -2.91. The van der Waals surface area contributed by atoms with Crippen molar-refractivity contribution in [3.05, 3.63) is 58.0 Å². The summed E-state index contributed by atoms with van der Waals surface area (Å²) in [4.78, 5) is 23.8. The number of hydrogen-bond acceptors (Lipinski definition) is 4. The van der Waals surface area contributed by atoms with Crippen molar-refractivity contribution in [2.75, 3.05) is 19.0 Å². The zero-order valence-electron chi connectivity index (χ0n) is 12.1. The quantitative estimate of drug-likeness (QED) is 0.839. The number of terminal acetylenes is 1. The van der Waals surface area contributed by atoms with Gasteiger partial charge in [-0.25, -0.2) is 4.68 Å². The van der Waals surface area contributed by atoms with Crippen molar-refractivity contribution in [1.29, 1.82) is 0 Å². The predicted octanol–water partition coefficient (Wildman–Crippen LogP) is 1.12. The van der Waals surface area contributed by atoms with Crippen LogP contribution in [0.4, 0.5) is 5.69 Å². The molecular weight excluding hydrogens is 282 g/mol. The van der Waals surface area contributed by atoms with Crippen molar-refractivity contribution in [2.45, 2.75) is 6.54 Å². The summed E-state index contributed by atoms with van der Waals surface area (Å²) in [5.74, 6) is 2.08. The van der Waals surface area contributed by atoms with Gasteiger partial charge in [-0.2, -0.15) is 5.10 Å². The Bertz CT molecular complexity index is 775. The maximum absolute atomic E-state index is 12.2. The Morgan fingerprint density at radius 3 is 2.95 bits per heavy atom. The topological polar surface area (TPSA) is 73.2 Å². The number of benzene rings is 1. The van der Waals surface area contributed by atoms with Gasteiger partial charge in [0.2, 0.25) is 0 Å². The van der Waals surface area contributed by atoms with E-state index < -0.39 is 5.91 Å². The van der Waals surface area contributed by atoms with Crippen molar-refractivity contribution in [3.63, 3.8) is 0 Å². The Labute approximate surface area is 127 Å². The number of methoxy groups -OCH3 is 1. The zero-order valence-corrected chi connectivity index (χ0v) is 12.1. The van der Waals surface area contributed by atoms with E-state index in [4.69, 9.17) is 11.2 Å². The van der Waals surface area contributed by atoms with E-state index in [9.17, 15) is 9.59 Å². The Morgan fingerprint density at radius 2 is 2.23 bits per heavy atom. The first-order valence-corrected chi connectivity index (χ1v) is 6.59. The highest BCUT2D eigenvalue weighted by atomic mass is 16.5. The smallest absolute Gasteiger partial charge is 0.276 e. The fourth-order valence-corrected chi connectivity index (χ4v) is 1.79. The molecule has 2 rings (SSSR count). The molecule has 0 aliphatic rings. The number of nitrogens with one attached hydrogen (secondary N) is 1. The molecule has 0 aliphatic heterocycles. The highest BCUT2D eigenvalue weighted by Crippen LogP contribution is 2.10. The van der Waals surface area contributed by atoms with Crippen molar-refractivity contribution in [1.82, 2.24) is 9.78 Å². The van der Waals surface area contributed by atoms with Gasteiger partial charge in [-0.15, -0.1) is 6.42 Å². The van der Waals surface area contributed by atoms with E-state index in [1.165, 1.54) is 23.9 Å². The Kier molecular flexibility index (Phi) is 5.07. The zero-order chi connectivity index (χ0) is 15.9. The molecule has 1 aromatic carbocycles. The van der Waals surface area contributed by atoms with Gasteiger partial charge < -0.3 is 10.1 Å². The molecule has 22 heavy (non-hydrogen) atoms. The first kappa shape index (κ1) is 15.5. The second kappa shape index (κ2) is 7.20. The number of hydrogen-bond donors (Lipinski definition) is 1. The van der Waals surface area contributed by atoms with Gasteiger partial charge in [0, 0.05) is 24.4 Å². The fourth-order valence-electron chi connectivity index (χ4n) is 1.79. The molecule has 1 N–H and O–H groups in total. The number of carbonyl (C=O) groups is 1. The third kappa shape index (κ3) is 3.81. The molecular formula is C16H15N3O3. The molecule has 0 aliphatic carbocycles. The normalized spacial score (nSPS) is 10.0. The second-order valence-electron chi connectivity index (χ2n) is 4.45. The highest BCUT2D eigenvalue weighted by molar-refractivity contribution is 6.02. The van der Waals surface area contributed by atoms with Gasteiger partial charge in [0.1, 0.15) is 5.69 Å². The third-order valence-electron chi connectivity index (χ3n) is 2.89. The summed E-state index contributed by atoms with van der Waals surface area (Å²) in [7, 11) is 1.53. The van der Waals surface area contributed by atoms with Gasteiger partial charge in [-0.3, -0.25) is 9.59 Å². The lowest BCUT2D eigenvalue weighted by atomic mass is 10.2. The largest absolute Gasteiger partial charge is 0.383 e. The van der Waals surface area contributed by atoms with E-state index in [1.54, 1.807) is 24.3 Å². The third-order valence-corrected chi connectivity index (χ3v) is 2.89. The molecule has 0 saturated heterocycles. The summed E-state index contributed by atoms with van der Waals surface area (Å²) < 4.78 is 6.09. The van der Waals surface area contributed by atoms with Crippen LogP contribution in [0.15, 0.2) is 41.2 Å². The minimum absolute atomic E-state index is 0.141. The lowest BCUT2D eigenvalue weighted by Crippen LogP contribution is -2.27. The number of nitrogens with zero attached hydrogens (tertiary/aromatic N) is 2. The molecule has 2 aromatic rings. The molecule has 0 unspecified atom stereocenters. The van der Waals surface area contributed by atoms with Crippen LogP contribution in [0, 0.1) is 12.3 Å². The van der Waals surface area contributed by atoms with Crippen molar-refractivity contribution in [2.24, 2.45) is 0 Å². The SMILES string of the molecule is C#Cc1cccc(NC(=O)c2ccc(=O)n(CCOC)n2)c1. The van der Waals surface area contributed by atoms with Gasteiger partial charge >= 0.3 is 0 Å². The highest BCUT2D eigenvalue weighted by Gasteiger charge is 2.10. The standard InChI is InChI=1S/C16H15N3O3/c1-3-12-5-4-6-13(11-12)17-16(21)14-7-8-15(20)19(18-14)9-10-22-2/h1,4-8,11H,9-10H2,2H3,(H,17,21). The van der Waals surface area contributed by atoms with Crippen LogP contribution in [-0.4, -0.2) is 29.4 Å². The number of carbonyl (C=O) groups excluding carboxylic acids is 1. The molecule has 1 amide bonds. The van der Waals surface area contributed by atoms with Crippen LogP contribution < -0.4 is 10.9 Å². The predicted molar refractivity (Wildman–Crippen MR) is 82.7 cm³/mol. The molecule has 0 atom stereocenters. The average molecular weight is 297 g/mol. The Morgan fingerprint density at radius 1 is 1.41 bits per heavy atom. The van der Waals surface area contributed by atoms with E-state index in [2.05, 4.69) is 16.3 Å². The van der Waals surface area contributed by atoms with Crippen LogP contribution in [0.2, 0.25) is 0 Å². The first-order valence-electron chi connectivity index (χ1n) is 6.59. The van der Waals surface area contributed by atoms with Crippen molar-refractivity contribution >= 4 is 11.6 Å². The molecule has 0 fully saturated rings. The Balaban J connectivity index is 2.18. The van der Waals surface area contributed by atoms with E-state index in [0.29, 0.717) is 17.9 Å². The molecule has 0 saturated carbocycles. The molecule has 0 spiro atoms. The molecule has 1 aromatic heterocycles. The van der Waals surface area contributed by atoms with E-state index >= 15 is 0 Å². The number of aromatic nitrogens is 2. The fraction of sp³-hybridized carbons (Fsp3) is 0.188. The molecule has 112 valence electrons. The number of rotatable bonds is 5. The number of amides is 1. The van der Waals surface area contributed by atoms with Crippen LogP contribution in [-0.2, 0) is 11.3 Å². The molecule has 1 heterocycles. The summed E-state index contributed by atoms with van der Waals surface area (Å²) in [6.07, 6.45) is 5.32. The maximum Gasteiger partial charge on any atom is 0.276 e. The van der Waals surface area contributed by atoms with Gasteiger partial charge in [-0.1, -0.05) is 12.0 Å². The minimum atomic E-state index is -0.416. The lowest BCUT2D eigenvalue weighted by Gasteiger charge is -2.07. The van der Waals surface area contributed by atoms with Crippen molar-refractivity contribution < 1.29 is 9.53 Å². The summed E-state index contributed by atoms with van der Waals surface area (Å²) in [6.45, 7) is 0.616. The van der Waals surface area contributed by atoms with Crippen LogP contribution >= 0.6 is 0 Å². The molecule has 0 bridgehead atoms. The van der Waals surface area contributed by atoms with E-state index in [1.807, 2.05) is 0 Å². The molecule has 6 nitrogen and oxygen atoms in total. The molecule has 6 heteroatoms. The van der Waals surface area contributed by atoms with Gasteiger partial charge in [0.25, 0.3) is 11.5 Å². The minimum Gasteiger partial charge on any atom is -0.383 e. The monoisotopic (exact) mass is 297 g/mol. The van der Waals surface area contributed by atoms with E-state index in [-0.39, 0.29) is 17.8 Å². The second-order valence-corrected chi connectivity index (χ2v) is 4.45. The first-order chi connectivity index (χ1) is 10.6. The van der Waals surface area contributed by atoms with Gasteiger partial charge in [-0.05, 0) is 24.3 Å². The van der Waals surface area contributed by atoms with Crippen LogP contribution in [0.1, 0.15) is 16.1 Å². The maximum atomic E-state index is 12.2. The van der Waals surface area contributed by atoms with Gasteiger partial charge in [0.05, 0.1) is 13.2 Å². The summed E-state index contributed by atoms with van der Waals surface area (Å²) in [5, 5.41) is 6.71. The average Bonchev–Trinajstić information content (AvgIpc) is 2.54. The number of ether oxygens (including phenoxy) is 1. The number of anilines is 1. The summed E-state index contributed by atoms with van der Waals surface area (Å²) >= 11 is 0. The van der Waals surface area contributed by atoms with Crippen LogP contribution in [0.3, 0.4) is 0 Å². The van der Waals surface area contributed by atoms with Crippen LogP contribution in [0.5, 0.6) is 0 Å². The lowest BCUT2D eigenvalue weighted by molar-refractivity contribution is 0.101. The summed E-state index contributed by atoms with van der Waals surface area (Å²) in [5.41, 5.74) is 1.08. The van der Waals surface area contributed by atoms with Gasteiger partial charge in [0.15, 0.2) is 0 Å². The van der Waals surface area contributed by atoms with E-state index in [0.717, 1.165) is 0 Å². The van der Waals surface area contributed by atoms with Crippen molar-refractivity contribution in [3.8, 4) is 12.3 Å². The summed E-state index contributed by atoms with van der Waals surface area (Å²) in [6, 6.07) is 9.59.